The molecule has 0 unspecified atom stereocenters. The lowest BCUT2D eigenvalue weighted by Crippen LogP contribution is -2.00. The molecule has 0 amide bonds. The van der Waals surface area contributed by atoms with Gasteiger partial charge in [0.05, 0.1) is 11.3 Å². The summed E-state index contributed by atoms with van der Waals surface area (Å²) < 4.78 is 8.02. The molecule has 0 bridgehead atoms. The van der Waals surface area contributed by atoms with E-state index in [1.807, 2.05) is 43.3 Å². The number of hydrogen-bond donors (Lipinski definition) is 0. The van der Waals surface area contributed by atoms with Crippen LogP contribution in [0.4, 0.5) is 0 Å². The van der Waals surface area contributed by atoms with Crippen LogP contribution in [0.2, 0.25) is 0 Å². The van der Waals surface area contributed by atoms with Gasteiger partial charge in [-0.1, -0.05) is 54.6 Å². The average molecular weight is 417 g/mol. The summed E-state index contributed by atoms with van der Waals surface area (Å²) in [6, 6.07) is 16.2. The zero-order valence-electron chi connectivity index (χ0n) is 16.7. The van der Waals surface area contributed by atoms with E-state index in [9.17, 15) is 0 Å². The number of para-hydroxylation sites is 1. The first kappa shape index (κ1) is 18.7. The molecule has 0 aliphatic rings. The molecule has 0 radical (unpaired) electrons. The minimum absolute atomic E-state index is 0.486. The van der Waals surface area contributed by atoms with Crippen LogP contribution < -0.4 is 0 Å². The van der Waals surface area contributed by atoms with Crippen molar-refractivity contribution in [1.29, 1.82) is 0 Å². The normalized spacial score (nSPS) is 11.5. The molecule has 0 saturated carbocycles. The highest BCUT2D eigenvalue weighted by Crippen LogP contribution is 2.28. The van der Waals surface area contributed by atoms with Gasteiger partial charge in [0.15, 0.2) is 5.65 Å². The smallest absolute Gasteiger partial charge is 0.247 e. The average Bonchev–Trinajstić information content (AvgIpc) is 3.37. The van der Waals surface area contributed by atoms with Crippen LogP contribution in [0.25, 0.3) is 33.5 Å². The fourth-order valence-electron chi connectivity index (χ4n) is 3.45. The fraction of sp³-hybridized carbons (Fsp3) is 0.227. The van der Waals surface area contributed by atoms with E-state index in [2.05, 4.69) is 44.0 Å². The number of fused-ring (bicyclic) bond motifs is 3. The van der Waals surface area contributed by atoms with Gasteiger partial charge >= 0.3 is 0 Å². The molecule has 0 saturated heterocycles. The number of thioether (sulfide) groups is 1. The number of nitrogens with zero attached hydrogens (tertiary/aromatic N) is 6. The Labute approximate surface area is 177 Å². The fourth-order valence-corrected chi connectivity index (χ4v) is 4.07. The maximum atomic E-state index is 5.80. The monoisotopic (exact) mass is 416 g/mol. The van der Waals surface area contributed by atoms with Crippen LogP contribution in [-0.4, -0.2) is 29.9 Å². The van der Waals surface area contributed by atoms with E-state index in [4.69, 9.17) is 9.40 Å². The quantitative estimate of drug-likeness (QED) is 0.359. The highest BCUT2D eigenvalue weighted by atomic mass is 32.2. The number of hydrogen-bond acceptors (Lipinski definition) is 7. The van der Waals surface area contributed by atoms with Crippen LogP contribution in [0, 0.1) is 6.92 Å². The Kier molecular flexibility index (Phi) is 4.92. The van der Waals surface area contributed by atoms with Crippen molar-refractivity contribution in [3.63, 3.8) is 0 Å². The van der Waals surface area contributed by atoms with Gasteiger partial charge in [-0.05, 0) is 31.5 Å². The van der Waals surface area contributed by atoms with Crippen molar-refractivity contribution in [3.05, 3.63) is 60.0 Å². The zero-order valence-corrected chi connectivity index (χ0v) is 17.6. The van der Waals surface area contributed by atoms with Gasteiger partial charge in [-0.2, -0.15) is 0 Å². The molecule has 7 nitrogen and oxygen atoms in total. The van der Waals surface area contributed by atoms with Crippen molar-refractivity contribution in [2.45, 2.75) is 37.7 Å². The van der Waals surface area contributed by atoms with E-state index in [-0.39, 0.29) is 0 Å². The molecule has 30 heavy (non-hydrogen) atoms. The van der Waals surface area contributed by atoms with E-state index < -0.39 is 0 Å². The number of aromatic nitrogens is 6. The summed E-state index contributed by atoms with van der Waals surface area (Å²) in [6.45, 7) is 5.09. The van der Waals surface area contributed by atoms with E-state index in [1.54, 1.807) is 0 Å². The molecule has 0 atom stereocenters. The van der Waals surface area contributed by atoms with Gasteiger partial charge in [0.25, 0.3) is 0 Å². The number of benzene rings is 2. The predicted molar refractivity (Wildman–Crippen MR) is 117 cm³/mol. The van der Waals surface area contributed by atoms with Crippen LogP contribution in [0.5, 0.6) is 0 Å². The molecular weight excluding hydrogens is 396 g/mol. The highest BCUT2D eigenvalue weighted by Gasteiger charge is 2.15. The van der Waals surface area contributed by atoms with Crippen molar-refractivity contribution in [1.82, 2.24) is 29.9 Å². The Morgan fingerprint density at radius 3 is 2.63 bits per heavy atom. The minimum Gasteiger partial charge on any atom is -0.420 e. The van der Waals surface area contributed by atoms with Crippen molar-refractivity contribution in [3.8, 4) is 11.5 Å². The maximum absolute atomic E-state index is 5.80. The third-order valence-electron chi connectivity index (χ3n) is 4.89. The van der Waals surface area contributed by atoms with Crippen molar-refractivity contribution in [2.75, 3.05) is 0 Å². The summed E-state index contributed by atoms with van der Waals surface area (Å²) in [5, 5.41) is 18.8. The molecule has 3 aromatic heterocycles. The minimum atomic E-state index is 0.486. The molecule has 3 heterocycles. The first-order valence-corrected chi connectivity index (χ1v) is 10.9. The predicted octanol–water partition coefficient (Wildman–Crippen LogP) is 5.04. The molecule has 8 heteroatoms. The van der Waals surface area contributed by atoms with Gasteiger partial charge in [0, 0.05) is 17.5 Å². The number of aryl methyl sites for hydroxylation is 2. The van der Waals surface area contributed by atoms with Crippen LogP contribution in [0.15, 0.2) is 58.1 Å². The molecule has 0 aliphatic carbocycles. The molecule has 150 valence electrons. The van der Waals surface area contributed by atoms with Gasteiger partial charge < -0.3 is 8.98 Å². The second-order valence-corrected chi connectivity index (χ2v) is 8.03. The van der Waals surface area contributed by atoms with E-state index >= 15 is 0 Å². The summed E-state index contributed by atoms with van der Waals surface area (Å²) in [4.78, 5) is 4.78. The lowest BCUT2D eigenvalue weighted by atomic mass is 10.1. The Bertz CT molecular complexity index is 1320. The van der Waals surface area contributed by atoms with Crippen LogP contribution >= 0.6 is 11.8 Å². The Morgan fingerprint density at radius 2 is 1.80 bits per heavy atom. The molecule has 0 N–H and O–H groups in total. The first-order valence-electron chi connectivity index (χ1n) is 9.87. The summed E-state index contributed by atoms with van der Waals surface area (Å²) >= 11 is 1.44. The van der Waals surface area contributed by atoms with Gasteiger partial charge in [0.2, 0.25) is 16.9 Å². The molecule has 0 spiro atoms. The van der Waals surface area contributed by atoms with Crippen LogP contribution in [0.1, 0.15) is 24.8 Å². The van der Waals surface area contributed by atoms with E-state index in [0.717, 1.165) is 40.6 Å². The summed E-state index contributed by atoms with van der Waals surface area (Å²) in [5.41, 5.74) is 4.93. The molecular formula is C22H20N6OS. The summed E-state index contributed by atoms with van der Waals surface area (Å²) in [5.74, 6) is 1.54. The zero-order chi connectivity index (χ0) is 20.5. The molecule has 5 rings (SSSR count). The Hall–Kier alpha value is -3.26. The number of rotatable bonds is 6. The van der Waals surface area contributed by atoms with Crippen LogP contribution in [-0.2, 0) is 12.3 Å². The summed E-state index contributed by atoms with van der Waals surface area (Å²) in [7, 11) is 0. The Balaban J connectivity index is 1.40. The molecule has 5 aromatic rings. The topological polar surface area (TPSA) is 82.5 Å². The third-order valence-corrected chi connectivity index (χ3v) is 5.71. The molecule has 0 fully saturated rings. The SMILES string of the molecule is CCCn1c2ccccc2c2nnc(SCc3nnc(-c4ccc(C)cc4)o3)nc21. The second-order valence-electron chi connectivity index (χ2n) is 7.09. The molecule has 2 aromatic carbocycles. The van der Waals surface area contributed by atoms with Gasteiger partial charge in [-0.3, -0.25) is 0 Å². The summed E-state index contributed by atoms with van der Waals surface area (Å²) in [6.07, 6.45) is 1.02. The van der Waals surface area contributed by atoms with Gasteiger partial charge in [-0.15, -0.1) is 20.4 Å². The maximum Gasteiger partial charge on any atom is 0.247 e. The lowest BCUT2D eigenvalue weighted by Gasteiger charge is -2.04. The highest BCUT2D eigenvalue weighted by molar-refractivity contribution is 7.98. The standard InChI is InChI=1S/C22H20N6OS/c1-3-12-28-17-7-5-4-6-16(17)19-20(28)23-22(27-25-19)30-13-18-24-26-21(29-18)15-10-8-14(2)9-11-15/h4-11H,3,12-13H2,1-2H3. The van der Waals surface area contributed by atoms with Crippen molar-refractivity contribution < 1.29 is 4.42 Å². The lowest BCUT2D eigenvalue weighted by molar-refractivity contribution is 0.528. The largest absolute Gasteiger partial charge is 0.420 e. The first-order chi connectivity index (χ1) is 14.7. The van der Waals surface area contributed by atoms with Crippen molar-refractivity contribution in [2.24, 2.45) is 0 Å². The molecule has 0 aliphatic heterocycles. The van der Waals surface area contributed by atoms with Gasteiger partial charge in [-0.25, -0.2) is 4.98 Å². The van der Waals surface area contributed by atoms with Crippen molar-refractivity contribution >= 4 is 33.8 Å². The Morgan fingerprint density at radius 1 is 0.967 bits per heavy atom. The van der Waals surface area contributed by atoms with Gasteiger partial charge in [0.1, 0.15) is 5.52 Å². The van der Waals surface area contributed by atoms with E-state index in [0.29, 0.717) is 22.7 Å². The van der Waals surface area contributed by atoms with Crippen LogP contribution in [0.3, 0.4) is 0 Å². The van der Waals surface area contributed by atoms with E-state index in [1.165, 1.54) is 17.3 Å². The second kappa shape index (κ2) is 7.87. The third kappa shape index (κ3) is 3.43.